The molecule has 3 atom stereocenters. The Hall–Kier alpha value is -6.27. The van der Waals surface area contributed by atoms with Gasteiger partial charge in [0.25, 0.3) is 5.91 Å². The Kier molecular flexibility index (Phi) is 14.3. The smallest absolute Gasteiger partial charge is 0.407 e. The van der Waals surface area contributed by atoms with E-state index in [4.69, 9.17) is 9.47 Å². The summed E-state index contributed by atoms with van der Waals surface area (Å²) in [5.41, 5.74) is 3.96. The van der Waals surface area contributed by atoms with Crippen molar-refractivity contribution in [2.75, 3.05) is 25.1 Å². The number of carbonyl (C=O) groups is 5. The molecule has 0 heterocycles. The molecule has 12 heteroatoms. The molecule has 0 aromatic heterocycles. The van der Waals surface area contributed by atoms with E-state index in [9.17, 15) is 29.1 Å². The van der Waals surface area contributed by atoms with Gasteiger partial charge in [-0.2, -0.15) is 0 Å². The minimum absolute atomic E-state index is 0.0387. The lowest BCUT2D eigenvalue weighted by Crippen LogP contribution is -2.52. The van der Waals surface area contributed by atoms with Gasteiger partial charge in [-0.05, 0) is 77.3 Å². The van der Waals surface area contributed by atoms with Crippen LogP contribution >= 0.6 is 0 Å². The molecule has 1 fully saturated rings. The van der Waals surface area contributed by atoms with E-state index in [-0.39, 0.29) is 38.4 Å². The van der Waals surface area contributed by atoms with Crippen LogP contribution in [0.25, 0.3) is 21.9 Å². The number of esters is 1. The number of hydrogen-bond donors (Lipinski definition) is 5. The first-order valence-electron chi connectivity index (χ1n) is 20.2. The lowest BCUT2D eigenvalue weighted by atomic mass is 9.95. The third-order valence-electron chi connectivity index (χ3n) is 11.1. The summed E-state index contributed by atoms with van der Waals surface area (Å²) in [6.45, 7) is 6.74. The number of aliphatic hydroxyl groups excluding tert-OH is 1. The number of nitrogens with one attached hydrogen (secondary N) is 4. The standard InChI is InChI=1S/C47H52N4O8/c1-3-5-21-40(50-46(57)59-28-39-37-19-10-8-17-35(37)36-18-9-11-20-38(36)39)45(56)58-29-41(44(55)48-34-23-22-31-15-6-7-16-32(31)26-34)49-43(54)33(14-4-2)27-42(53)51-47(30-52)24-12-13-25-47/h3-4,6-11,15-20,22-23,26,33,39-41,52H,1-2,5,12-14,21,24-25,27-30H2,(H,48,55)(H,49,54)(H,50,57)(H,51,53)/t33-,40-,41-/m0/s1. The zero-order chi connectivity index (χ0) is 41.8. The van der Waals surface area contributed by atoms with Crippen molar-refractivity contribution in [3.8, 4) is 11.1 Å². The van der Waals surface area contributed by atoms with Crippen molar-refractivity contribution in [3.05, 3.63) is 127 Å². The number of anilines is 1. The Balaban J connectivity index is 1.13. The highest BCUT2D eigenvalue weighted by Crippen LogP contribution is 2.44. The van der Waals surface area contributed by atoms with Gasteiger partial charge in [-0.25, -0.2) is 9.59 Å². The van der Waals surface area contributed by atoms with E-state index >= 15 is 0 Å². The van der Waals surface area contributed by atoms with Gasteiger partial charge in [-0.1, -0.05) is 104 Å². The van der Waals surface area contributed by atoms with E-state index in [1.807, 2.05) is 78.9 Å². The maximum absolute atomic E-state index is 13.9. The van der Waals surface area contributed by atoms with E-state index in [1.165, 1.54) is 6.08 Å². The van der Waals surface area contributed by atoms with E-state index in [0.29, 0.717) is 24.9 Å². The zero-order valence-corrected chi connectivity index (χ0v) is 33.1. The van der Waals surface area contributed by atoms with Crippen LogP contribution in [0.15, 0.2) is 116 Å². The third kappa shape index (κ3) is 10.6. The Morgan fingerprint density at radius 3 is 2.10 bits per heavy atom. The van der Waals surface area contributed by atoms with Gasteiger partial charge in [0.15, 0.2) is 0 Å². The molecule has 59 heavy (non-hydrogen) atoms. The minimum Gasteiger partial charge on any atom is -0.461 e. The number of fused-ring (bicyclic) bond motifs is 4. The van der Waals surface area contributed by atoms with Gasteiger partial charge in [-0.15, -0.1) is 13.2 Å². The maximum atomic E-state index is 13.9. The van der Waals surface area contributed by atoms with Gasteiger partial charge in [-0.3, -0.25) is 14.4 Å². The fourth-order valence-electron chi connectivity index (χ4n) is 7.98. The third-order valence-corrected chi connectivity index (χ3v) is 11.1. The van der Waals surface area contributed by atoms with Crippen LogP contribution in [-0.4, -0.2) is 72.3 Å². The molecule has 5 N–H and O–H groups in total. The number of benzene rings is 4. The fraction of sp³-hybridized carbons (Fsp3) is 0.340. The van der Waals surface area contributed by atoms with Gasteiger partial charge < -0.3 is 35.8 Å². The second-order valence-electron chi connectivity index (χ2n) is 15.3. The van der Waals surface area contributed by atoms with Gasteiger partial charge in [0, 0.05) is 18.0 Å². The predicted molar refractivity (Wildman–Crippen MR) is 226 cm³/mol. The number of hydrogen-bond acceptors (Lipinski definition) is 8. The van der Waals surface area contributed by atoms with E-state index < -0.39 is 59.9 Å². The van der Waals surface area contributed by atoms with Gasteiger partial charge >= 0.3 is 12.1 Å². The molecule has 0 spiro atoms. The summed E-state index contributed by atoms with van der Waals surface area (Å²) in [4.78, 5) is 67.7. The van der Waals surface area contributed by atoms with Crippen molar-refractivity contribution >= 4 is 46.2 Å². The van der Waals surface area contributed by atoms with Crippen molar-refractivity contribution < 1.29 is 38.6 Å². The highest BCUT2D eigenvalue weighted by atomic mass is 16.6. The monoisotopic (exact) mass is 800 g/mol. The molecule has 12 nitrogen and oxygen atoms in total. The molecule has 4 aromatic carbocycles. The topological polar surface area (TPSA) is 172 Å². The summed E-state index contributed by atoms with van der Waals surface area (Å²) in [6, 6.07) is 26.3. The number of carbonyl (C=O) groups excluding carboxylic acids is 5. The van der Waals surface area contributed by atoms with Crippen LogP contribution in [0.4, 0.5) is 10.5 Å². The predicted octanol–water partition coefficient (Wildman–Crippen LogP) is 6.68. The quantitative estimate of drug-likeness (QED) is 0.0516. The average molecular weight is 801 g/mol. The Morgan fingerprint density at radius 2 is 1.44 bits per heavy atom. The summed E-state index contributed by atoms with van der Waals surface area (Å²) in [5, 5.41) is 22.9. The van der Waals surface area contributed by atoms with Crippen molar-refractivity contribution in [3.63, 3.8) is 0 Å². The average Bonchev–Trinajstić information content (AvgIpc) is 3.85. The molecule has 0 aliphatic heterocycles. The first-order valence-corrected chi connectivity index (χ1v) is 20.2. The Labute approximate surface area is 344 Å². The van der Waals surface area contributed by atoms with Crippen LogP contribution in [0.1, 0.15) is 68.4 Å². The Bertz CT molecular complexity index is 2130. The summed E-state index contributed by atoms with van der Waals surface area (Å²) < 4.78 is 11.3. The van der Waals surface area contributed by atoms with Crippen LogP contribution in [0.3, 0.4) is 0 Å². The number of aliphatic hydroxyl groups is 1. The molecular weight excluding hydrogens is 749 g/mol. The Morgan fingerprint density at radius 1 is 0.780 bits per heavy atom. The SMILES string of the molecule is C=CCC[C@H](NC(=O)OCC1c2ccccc2-c2ccccc21)C(=O)OC[C@H](NC(=O)[C@@H](CC=C)CC(=O)NC1(CO)CCCC1)C(=O)Nc1ccc2ccccc2c1. The molecule has 2 aliphatic carbocycles. The molecular formula is C47H52N4O8. The van der Waals surface area contributed by atoms with Crippen LogP contribution in [0.2, 0.25) is 0 Å². The zero-order valence-electron chi connectivity index (χ0n) is 33.1. The van der Waals surface area contributed by atoms with Crippen molar-refractivity contribution in [1.29, 1.82) is 0 Å². The summed E-state index contributed by atoms with van der Waals surface area (Å²) in [7, 11) is 0. The second-order valence-corrected chi connectivity index (χ2v) is 15.3. The van der Waals surface area contributed by atoms with E-state index in [2.05, 4.69) is 34.4 Å². The van der Waals surface area contributed by atoms with E-state index in [1.54, 1.807) is 18.2 Å². The highest BCUT2D eigenvalue weighted by molar-refractivity contribution is 6.00. The molecule has 0 unspecified atom stereocenters. The highest BCUT2D eigenvalue weighted by Gasteiger charge is 2.36. The molecule has 2 aliphatic rings. The number of ether oxygens (including phenoxy) is 2. The number of amides is 4. The molecule has 1 saturated carbocycles. The lowest BCUT2D eigenvalue weighted by Gasteiger charge is -2.29. The van der Waals surface area contributed by atoms with Gasteiger partial charge in [0.05, 0.1) is 18.1 Å². The first kappa shape index (κ1) is 42.3. The van der Waals surface area contributed by atoms with Crippen LogP contribution < -0.4 is 21.3 Å². The normalized spacial score (nSPS) is 15.4. The largest absolute Gasteiger partial charge is 0.461 e. The van der Waals surface area contributed by atoms with Crippen LogP contribution in [0.5, 0.6) is 0 Å². The van der Waals surface area contributed by atoms with Crippen molar-refractivity contribution in [2.45, 2.75) is 74.9 Å². The summed E-state index contributed by atoms with van der Waals surface area (Å²) >= 11 is 0. The number of allylic oxidation sites excluding steroid dienone is 2. The summed E-state index contributed by atoms with van der Waals surface area (Å²) in [6.07, 6.45) is 5.72. The molecule has 0 bridgehead atoms. The van der Waals surface area contributed by atoms with E-state index in [0.717, 1.165) is 45.9 Å². The second kappa shape index (κ2) is 19.9. The van der Waals surface area contributed by atoms with Crippen molar-refractivity contribution in [1.82, 2.24) is 16.0 Å². The fourth-order valence-corrected chi connectivity index (χ4v) is 7.98. The molecule has 4 amide bonds. The lowest BCUT2D eigenvalue weighted by molar-refractivity contribution is -0.148. The number of rotatable bonds is 19. The number of alkyl carbamates (subject to hydrolysis) is 1. The first-order chi connectivity index (χ1) is 28.6. The van der Waals surface area contributed by atoms with Crippen LogP contribution in [0, 0.1) is 5.92 Å². The minimum atomic E-state index is -1.39. The molecule has 308 valence electrons. The van der Waals surface area contributed by atoms with Gasteiger partial charge in [0.1, 0.15) is 25.3 Å². The molecule has 6 rings (SSSR count). The van der Waals surface area contributed by atoms with Gasteiger partial charge in [0.2, 0.25) is 11.8 Å². The maximum Gasteiger partial charge on any atom is 0.407 e. The molecule has 0 saturated heterocycles. The van der Waals surface area contributed by atoms with Crippen LogP contribution in [-0.2, 0) is 28.7 Å². The summed E-state index contributed by atoms with van der Waals surface area (Å²) in [5.74, 6) is -3.64. The molecule has 0 radical (unpaired) electrons. The van der Waals surface area contributed by atoms with Crippen molar-refractivity contribution in [2.24, 2.45) is 5.92 Å². The molecule has 4 aromatic rings.